The fraction of sp³-hybridized carbons (Fsp3) is 0.200. The van der Waals surface area contributed by atoms with Gasteiger partial charge in [-0.15, -0.1) is 0 Å². The molecule has 0 aliphatic heterocycles. The van der Waals surface area contributed by atoms with Crippen LogP contribution in [0.1, 0.15) is 16.7 Å². The molecular weight excluding hydrogens is 309 g/mol. The summed E-state index contributed by atoms with van der Waals surface area (Å²) in [6.07, 6.45) is 0. The van der Waals surface area contributed by atoms with Gasteiger partial charge in [-0.05, 0) is 64.7 Å². The average Bonchev–Trinajstić information content (AvgIpc) is 2.37. The lowest BCUT2D eigenvalue weighted by atomic mass is 10.1. The van der Waals surface area contributed by atoms with E-state index in [1.807, 2.05) is 26.0 Å². The van der Waals surface area contributed by atoms with E-state index in [9.17, 15) is 9.50 Å². The molecule has 0 heterocycles. The van der Waals surface area contributed by atoms with E-state index in [1.54, 1.807) is 12.1 Å². The standard InChI is InChI=1S/C15H15BrFNO/c1-9-5-11(6-10(2)15(9)19)8-18-12-3-4-14(17)13(16)7-12/h3-7,18-19H,8H2,1-2H3. The number of aryl methyl sites for hydroxylation is 2. The van der Waals surface area contributed by atoms with Crippen molar-refractivity contribution in [2.75, 3.05) is 5.32 Å². The monoisotopic (exact) mass is 323 g/mol. The Kier molecular flexibility index (Phi) is 4.10. The minimum absolute atomic E-state index is 0.276. The van der Waals surface area contributed by atoms with Gasteiger partial charge < -0.3 is 10.4 Å². The first-order valence-electron chi connectivity index (χ1n) is 5.95. The molecule has 2 nitrogen and oxygen atoms in total. The van der Waals surface area contributed by atoms with Crippen LogP contribution in [0, 0.1) is 19.7 Å². The lowest BCUT2D eigenvalue weighted by Gasteiger charge is -2.10. The highest BCUT2D eigenvalue weighted by atomic mass is 79.9. The third kappa shape index (κ3) is 3.26. The van der Waals surface area contributed by atoms with E-state index in [2.05, 4.69) is 21.2 Å². The first-order chi connectivity index (χ1) is 8.97. The van der Waals surface area contributed by atoms with Crippen LogP contribution < -0.4 is 5.32 Å². The number of nitrogens with one attached hydrogen (secondary N) is 1. The molecule has 4 heteroatoms. The molecule has 0 saturated heterocycles. The van der Waals surface area contributed by atoms with Crippen molar-refractivity contribution in [3.63, 3.8) is 0 Å². The summed E-state index contributed by atoms with van der Waals surface area (Å²) in [5.74, 6) is 0.0650. The third-order valence-corrected chi connectivity index (χ3v) is 3.57. The number of rotatable bonds is 3. The number of hydrogen-bond acceptors (Lipinski definition) is 2. The Bertz CT molecular complexity index is 590. The van der Waals surface area contributed by atoms with Crippen LogP contribution in [0.15, 0.2) is 34.8 Å². The second kappa shape index (κ2) is 5.61. The molecular formula is C15H15BrFNO. The zero-order chi connectivity index (χ0) is 14.0. The van der Waals surface area contributed by atoms with Crippen molar-refractivity contribution in [3.8, 4) is 5.75 Å². The van der Waals surface area contributed by atoms with Gasteiger partial charge >= 0.3 is 0 Å². The molecule has 2 N–H and O–H groups in total. The van der Waals surface area contributed by atoms with Gasteiger partial charge in [-0.25, -0.2) is 4.39 Å². The van der Waals surface area contributed by atoms with E-state index in [1.165, 1.54) is 6.07 Å². The summed E-state index contributed by atoms with van der Waals surface area (Å²) in [6.45, 7) is 4.38. The van der Waals surface area contributed by atoms with Gasteiger partial charge in [0.15, 0.2) is 0 Å². The predicted octanol–water partition coefficient (Wildman–Crippen LogP) is 4.52. The maximum atomic E-state index is 13.1. The number of halogens is 2. The maximum Gasteiger partial charge on any atom is 0.137 e. The second-order valence-corrected chi connectivity index (χ2v) is 5.42. The third-order valence-electron chi connectivity index (χ3n) is 2.97. The molecule has 0 spiro atoms. The quantitative estimate of drug-likeness (QED) is 0.870. The van der Waals surface area contributed by atoms with Gasteiger partial charge in [0.2, 0.25) is 0 Å². The number of benzene rings is 2. The lowest BCUT2D eigenvalue weighted by molar-refractivity contribution is 0.466. The first kappa shape index (κ1) is 13.9. The maximum absolute atomic E-state index is 13.1. The van der Waals surface area contributed by atoms with Gasteiger partial charge in [-0.1, -0.05) is 12.1 Å². The van der Waals surface area contributed by atoms with Gasteiger partial charge in [0.05, 0.1) is 4.47 Å². The van der Waals surface area contributed by atoms with Gasteiger partial charge in [0, 0.05) is 12.2 Å². The highest BCUT2D eigenvalue weighted by Crippen LogP contribution is 2.24. The summed E-state index contributed by atoms with van der Waals surface area (Å²) >= 11 is 3.16. The second-order valence-electron chi connectivity index (χ2n) is 4.56. The van der Waals surface area contributed by atoms with Crippen molar-refractivity contribution in [2.45, 2.75) is 20.4 Å². The summed E-state index contributed by atoms with van der Waals surface area (Å²) in [6, 6.07) is 8.69. The SMILES string of the molecule is Cc1cc(CNc2ccc(F)c(Br)c2)cc(C)c1O. The number of aromatic hydroxyl groups is 1. The molecule has 0 atom stereocenters. The Morgan fingerprint density at radius 3 is 2.37 bits per heavy atom. The average molecular weight is 324 g/mol. The van der Waals surface area contributed by atoms with Crippen LogP contribution in [0.25, 0.3) is 0 Å². The van der Waals surface area contributed by atoms with Crippen LogP contribution in [0.3, 0.4) is 0 Å². The van der Waals surface area contributed by atoms with Crippen LogP contribution in [0.5, 0.6) is 5.75 Å². The fourth-order valence-electron chi connectivity index (χ4n) is 1.96. The van der Waals surface area contributed by atoms with Gasteiger partial charge in [0.25, 0.3) is 0 Å². The Morgan fingerprint density at radius 1 is 1.16 bits per heavy atom. The van der Waals surface area contributed by atoms with E-state index >= 15 is 0 Å². The fourth-order valence-corrected chi connectivity index (χ4v) is 2.34. The molecule has 0 aliphatic carbocycles. The Labute approximate surface area is 120 Å². The zero-order valence-electron chi connectivity index (χ0n) is 10.8. The molecule has 0 amide bonds. The molecule has 2 aromatic carbocycles. The predicted molar refractivity (Wildman–Crippen MR) is 79.0 cm³/mol. The molecule has 100 valence electrons. The van der Waals surface area contributed by atoms with E-state index in [0.29, 0.717) is 16.8 Å². The molecule has 19 heavy (non-hydrogen) atoms. The topological polar surface area (TPSA) is 32.3 Å². The minimum Gasteiger partial charge on any atom is -0.507 e. The minimum atomic E-state index is -0.276. The molecule has 0 radical (unpaired) electrons. The Morgan fingerprint density at radius 2 is 1.79 bits per heavy atom. The number of hydrogen-bond donors (Lipinski definition) is 2. The van der Waals surface area contributed by atoms with Crippen molar-refractivity contribution < 1.29 is 9.50 Å². The van der Waals surface area contributed by atoms with Crippen LogP contribution in [-0.4, -0.2) is 5.11 Å². The van der Waals surface area contributed by atoms with Gasteiger partial charge in [0.1, 0.15) is 11.6 Å². The molecule has 0 aromatic heterocycles. The molecule has 2 rings (SSSR count). The van der Waals surface area contributed by atoms with Crippen LogP contribution in [-0.2, 0) is 6.54 Å². The molecule has 0 bridgehead atoms. The van der Waals surface area contributed by atoms with Gasteiger partial charge in [-0.3, -0.25) is 0 Å². The van der Waals surface area contributed by atoms with E-state index in [4.69, 9.17) is 0 Å². The van der Waals surface area contributed by atoms with Crippen LogP contribution in [0.4, 0.5) is 10.1 Å². The van der Waals surface area contributed by atoms with Crippen molar-refractivity contribution >= 4 is 21.6 Å². The largest absolute Gasteiger partial charge is 0.507 e. The smallest absolute Gasteiger partial charge is 0.137 e. The number of phenols is 1. The molecule has 0 saturated carbocycles. The van der Waals surface area contributed by atoms with Crippen LogP contribution >= 0.6 is 15.9 Å². The summed E-state index contributed by atoms with van der Waals surface area (Å²) in [5, 5.41) is 12.9. The summed E-state index contributed by atoms with van der Waals surface area (Å²) < 4.78 is 13.6. The van der Waals surface area contributed by atoms with Crippen molar-refractivity contribution in [1.82, 2.24) is 0 Å². The summed E-state index contributed by atoms with van der Waals surface area (Å²) in [5.41, 5.74) is 3.64. The van der Waals surface area contributed by atoms with Crippen molar-refractivity contribution in [3.05, 3.63) is 57.3 Å². The first-order valence-corrected chi connectivity index (χ1v) is 6.74. The highest BCUT2D eigenvalue weighted by molar-refractivity contribution is 9.10. The van der Waals surface area contributed by atoms with Gasteiger partial charge in [-0.2, -0.15) is 0 Å². The Hall–Kier alpha value is -1.55. The van der Waals surface area contributed by atoms with E-state index in [-0.39, 0.29) is 5.82 Å². The zero-order valence-corrected chi connectivity index (χ0v) is 12.4. The Balaban J connectivity index is 2.12. The van der Waals surface area contributed by atoms with E-state index in [0.717, 1.165) is 22.4 Å². The van der Waals surface area contributed by atoms with Crippen molar-refractivity contribution in [2.24, 2.45) is 0 Å². The number of phenolic OH excluding ortho intramolecular Hbond substituents is 1. The van der Waals surface area contributed by atoms with E-state index < -0.39 is 0 Å². The molecule has 0 unspecified atom stereocenters. The van der Waals surface area contributed by atoms with Crippen molar-refractivity contribution in [1.29, 1.82) is 0 Å². The summed E-state index contributed by atoms with van der Waals surface area (Å²) in [7, 11) is 0. The molecule has 0 fully saturated rings. The molecule has 2 aromatic rings. The van der Waals surface area contributed by atoms with Crippen LogP contribution in [0.2, 0.25) is 0 Å². The normalized spacial score (nSPS) is 10.5. The summed E-state index contributed by atoms with van der Waals surface area (Å²) in [4.78, 5) is 0. The highest BCUT2D eigenvalue weighted by Gasteiger charge is 2.04. The molecule has 0 aliphatic rings. The number of anilines is 1. The lowest BCUT2D eigenvalue weighted by Crippen LogP contribution is -2.00.